The van der Waals surface area contributed by atoms with Gasteiger partial charge in [0.05, 0.1) is 12.2 Å². The first-order valence-electron chi connectivity index (χ1n) is 5.24. The highest BCUT2D eigenvalue weighted by molar-refractivity contribution is 5.65. The molecule has 0 heterocycles. The summed E-state index contributed by atoms with van der Waals surface area (Å²) in [7, 11) is 1.77. The molecule has 0 aliphatic heterocycles. The van der Waals surface area contributed by atoms with Crippen LogP contribution < -0.4 is 0 Å². The van der Waals surface area contributed by atoms with Crippen molar-refractivity contribution in [2.45, 2.75) is 45.1 Å². The summed E-state index contributed by atoms with van der Waals surface area (Å²) in [4.78, 5) is 10.6. The summed E-state index contributed by atoms with van der Waals surface area (Å²) in [5.74, 6) is 0.354. The van der Waals surface area contributed by atoms with Crippen LogP contribution in [0.2, 0.25) is 0 Å². The molecule has 0 N–H and O–H groups in total. The van der Waals surface area contributed by atoms with Gasteiger partial charge >= 0.3 is 5.97 Å². The molecule has 1 rings (SSSR count). The van der Waals surface area contributed by atoms with E-state index in [9.17, 15) is 4.79 Å². The molecule has 3 heteroatoms. The van der Waals surface area contributed by atoms with Crippen LogP contribution in [0.1, 0.15) is 39.5 Å². The van der Waals surface area contributed by atoms with Crippen LogP contribution in [0.15, 0.2) is 0 Å². The van der Waals surface area contributed by atoms with Crippen LogP contribution in [-0.4, -0.2) is 25.3 Å². The molecule has 82 valence electrons. The predicted molar refractivity (Wildman–Crippen MR) is 54.0 cm³/mol. The maximum Gasteiger partial charge on any atom is 0.302 e. The number of hydrogen-bond donors (Lipinski definition) is 0. The summed E-state index contributed by atoms with van der Waals surface area (Å²) < 4.78 is 10.4. The van der Waals surface area contributed by atoms with Crippen molar-refractivity contribution in [2.75, 3.05) is 13.7 Å². The molecule has 0 aromatic carbocycles. The van der Waals surface area contributed by atoms with Crippen LogP contribution in [0.4, 0.5) is 0 Å². The van der Waals surface area contributed by atoms with Crippen molar-refractivity contribution in [3.63, 3.8) is 0 Å². The van der Waals surface area contributed by atoms with Gasteiger partial charge < -0.3 is 9.47 Å². The molecule has 0 unspecified atom stereocenters. The zero-order valence-corrected chi connectivity index (χ0v) is 9.34. The summed E-state index contributed by atoms with van der Waals surface area (Å²) in [6.45, 7) is 4.19. The SMILES string of the molecule is COC1(C)CCC(COC(C)=O)CC1. The number of carbonyl (C=O) groups excluding carboxylic acids is 1. The van der Waals surface area contributed by atoms with Crippen molar-refractivity contribution >= 4 is 5.97 Å². The van der Waals surface area contributed by atoms with Crippen LogP contribution in [0.5, 0.6) is 0 Å². The third-order valence-electron chi connectivity index (χ3n) is 3.18. The van der Waals surface area contributed by atoms with Gasteiger partial charge in [-0.05, 0) is 38.5 Å². The number of carbonyl (C=O) groups is 1. The Morgan fingerprint density at radius 1 is 1.43 bits per heavy atom. The Labute approximate surface area is 85.8 Å². The third-order valence-corrected chi connectivity index (χ3v) is 3.18. The zero-order chi connectivity index (χ0) is 10.6. The Kier molecular flexibility index (Phi) is 3.93. The van der Waals surface area contributed by atoms with Crippen molar-refractivity contribution in [2.24, 2.45) is 5.92 Å². The molecule has 0 bridgehead atoms. The lowest BCUT2D eigenvalue weighted by Crippen LogP contribution is -2.34. The van der Waals surface area contributed by atoms with E-state index in [1.807, 2.05) is 0 Å². The van der Waals surface area contributed by atoms with Gasteiger partial charge in [0.15, 0.2) is 0 Å². The molecule has 1 aliphatic rings. The molecule has 0 radical (unpaired) electrons. The van der Waals surface area contributed by atoms with Crippen molar-refractivity contribution in [3.8, 4) is 0 Å². The fourth-order valence-corrected chi connectivity index (χ4v) is 1.89. The molecule has 0 amide bonds. The minimum absolute atomic E-state index is 0.0483. The molecule has 0 aromatic heterocycles. The Hall–Kier alpha value is -0.570. The van der Waals surface area contributed by atoms with E-state index < -0.39 is 0 Å². The molecule has 14 heavy (non-hydrogen) atoms. The lowest BCUT2D eigenvalue weighted by atomic mass is 9.80. The lowest BCUT2D eigenvalue weighted by molar-refractivity contribution is -0.143. The monoisotopic (exact) mass is 200 g/mol. The number of esters is 1. The molecule has 3 nitrogen and oxygen atoms in total. The fraction of sp³-hybridized carbons (Fsp3) is 0.909. The highest BCUT2D eigenvalue weighted by Crippen LogP contribution is 2.34. The summed E-state index contributed by atoms with van der Waals surface area (Å²) in [6, 6.07) is 0. The Balaban J connectivity index is 2.25. The molecule has 0 atom stereocenters. The Bertz CT molecular complexity index is 193. The van der Waals surface area contributed by atoms with Gasteiger partial charge in [0.25, 0.3) is 0 Å². The number of methoxy groups -OCH3 is 1. The van der Waals surface area contributed by atoms with E-state index in [0.717, 1.165) is 25.7 Å². The van der Waals surface area contributed by atoms with Gasteiger partial charge in [-0.2, -0.15) is 0 Å². The van der Waals surface area contributed by atoms with Gasteiger partial charge in [-0.25, -0.2) is 0 Å². The van der Waals surface area contributed by atoms with Crippen molar-refractivity contribution in [1.82, 2.24) is 0 Å². The second-order valence-electron chi connectivity index (χ2n) is 4.40. The molecule has 0 saturated heterocycles. The molecule has 0 spiro atoms. The number of ether oxygens (including phenoxy) is 2. The maximum absolute atomic E-state index is 10.6. The Morgan fingerprint density at radius 3 is 2.43 bits per heavy atom. The highest BCUT2D eigenvalue weighted by atomic mass is 16.5. The molecule has 1 fully saturated rings. The zero-order valence-electron chi connectivity index (χ0n) is 9.34. The van der Waals surface area contributed by atoms with Crippen molar-refractivity contribution in [1.29, 1.82) is 0 Å². The fourth-order valence-electron chi connectivity index (χ4n) is 1.89. The first kappa shape index (κ1) is 11.5. The first-order valence-corrected chi connectivity index (χ1v) is 5.24. The van der Waals surface area contributed by atoms with E-state index in [1.54, 1.807) is 7.11 Å². The first-order chi connectivity index (χ1) is 6.56. The van der Waals surface area contributed by atoms with Gasteiger partial charge in [0.1, 0.15) is 0 Å². The largest absolute Gasteiger partial charge is 0.466 e. The van der Waals surface area contributed by atoms with E-state index in [-0.39, 0.29) is 11.6 Å². The van der Waals surface area contributed by atoms with Crippen LogP contribution in [0, 0.1) is 5.92 Å². The third kappa shape index (κ3) is 3.29. The smallest absolute Gasteiger partial charge is 0.302 e. The van der Waals surface area contributed by atoms with Crippen LogP contribution >= 0.6 is 0 Å². The standard InChI is InChI=1S/C11H20O3/c1-9(12)14-8-10-4-6-11(2,13-3)7-5-10/h10H,4-8H2,1-3H3. The highest BCUT2D eigenvalue weighted by Gasteiger charge is 2.30. The topological polar surface area (TPSA) is 35.5 Å². The summed E-state index contributed by atoms with van der Waals surface area (Å²) in [5.41, 5.74) is 0.0483. The predicted octanol–water partition coefficient (Wildman–Crippen LogP) is 2.14. The van der Waals surface area contributed by atoms with Crippen molar-refractivity contribution in [3.05, 3.63) is 0 Å². The molecule has 1 aliphatic carbocycles. The average molecular weight is 200 g/mol. The minimum Gasteiger partial charge on any atom is -0.466 e. The molecular formula is C11H20O3. The number of rotatable bonds is 3. The van der Waals surface area contributed by atoms with Crippen LogP contribution in [-0.2, 0) is 14.3 Å². The van der Waals surface area contributed by atoms with E-state index in [2.05, 4.69) is 6.92 Å². The van der Waals surface area contributed by atoms with Gasteiger partial charge in [0, 0.05) is 14.0 Å². The van der Waals surface area contributed by atoms with Gasteiger partial charge in [-0.3, -0.25) is 4.79 Å². The normalized spacial score (nSPS) is 32.6. The van der Waals surface area contributed by atoms with E-state index in [0.29, 0.717) is 12.5 Å². The minimum atomic E-state index is -0.176. The van der Waals surface area contributed by atoms with Crippen molar-refractivity contribution < 1.29 is 14.3 Å². The Morgan fingerprint density at radius 2 is 2.00 bits per heavy atom. The summed E-state index contributed by atoms with van der Waals surface area (Å²) in [6.07, 6.45) is 4.32. The van der Waals surface area contributed by atoms with E-state index >= 15 is 0 Å². The number of hydrogen-bond acceptors (Lipinski definition) is 3. The second-order valence-corrected chi connectivity index (χ2v) is 4.40. The average Bonchev–Trinajstić information content (AvgIpc) is 2.17. The van der Waals surface area contributed by atoms with E-state index in [4.69, 9.17) is 9.47 Å². The van der Waals surface area contributed by atoms with Gasteiger partial charge in [-0.15, -0.1) is 0 Å². The second kappa shape index (κ2) is 4.78. The lowest BCUT2D eigenvalue weighted by Gasteiger charge is -2.35. The van der Waals surface area contributed by atoms with E-state index in [1.165, 1.54) is 6.92 Å². The summed E-state index contributed by atoms with van der Waals surface area (Å²) in [5, 5.41) is 0. The molecular weight excluding hydrogens is 180 g/mol. The molecule has 1 saturated carbocycles. The quantitative estimate of drug-likeness (QED) is 0.655. The molecule has 0 aromatic rings. The van der Waals surface area contributed by atoms with Gasteiger partial charge in [-0.1, -0.05) is 0 Å². The summed E-state index contributed by atoms with van der Waals surface area (Å²) >= 11 is 0. The van der Waals surface area contributed by atoms with Crippen LogP contribution in [0.3, 0.4) is 0 Å². The maximum atomic E-state index is 10.6. The van der Waals surface area contributed by atoms with Gasteiger partial charge in [0.2, 0.25) is 0 Å². The van der Waals surface area contributed by atoms with Crippen LogP contribution in [0.25, 0.3) is 0 Å².